The molecule has 2 aromatic rings. The van der Waals surface area contributed by atoms with E-state index in [4.69, 9.17) is 13.9 Å². The Morgan fingerprint density at radius 1 is 1.23 bits per heavy atom. The zero-order valence-corrected chi connectivity index (χ0v) is 23.1. The highest BCUT2D eigenvalue weighted by molar-refractivity contribution is 6.74. The van der Waals surface area contributed by atoms with Crippen molar-refractivity contribution in [2.24, 2.45) is 0 Å². The van der Waals surface area contributed by atoms with Gasteiger partial charge in [-0.3, -0.25) is 9.59 Å². The minimum atomic E-state index is -2.03. The average molecular weight is 497 g/mol. The van der Waals surface area contributed by atoms with Gasteiger partial charge in [0.1, 0.15) is 17.4 Å². The molecule has 1 aliphatic heterocycles. The number of nitriles is 1. The molecule has 0 saturated carbocycles. The molecule has 3 rings (SSSR count). The van der Waals surface area contributed by atoms with Crippen molar-refractivity contribution in [1.29, 1.82) is 5.26 Å². The van der Waals surface area contributed by atoms with Gasteiger partial charge < -0.3 is 18.5 Å². The third-order valence-corrected chi connectivity index (χ3v) is 11.7. The maximum absolute atomic E-state index is 13.5. The number of carbonyl (C=O) groups excluding carboxylic acids is 1. The van der Waals surface area contributed by atoms with Crippen LogP contribution in [0.5, 0.6) is 5.75 Å². The van der Waals surface area contributed by atoms with Gasteiger partial charge in [0.05, 0.1) is 17.7 Å². The van der Waals surface area contributed by atoms with Crippen LogP contribution in [0.1, 0.15) is 77.3 Å². The van der Waals surface area contributed by atoms with Gasteiger partial charge in [0.25, 0.3) is 5.56 Å². The fourth-order valence-corrected chi connectivity index (χ4v) is 5.56. The number of benzene rings is 1. The summed E-state index contributed by atoms with van der Waals surface area (Å²) >= 11 is 0. The van der Waals surface area contributed by atoms with Crippen LogP contribution >= 0.6 is 0 Å². The second-order valence-corrected chi connectivity index (χ2v) is 16.0. The molecule has 0 bridgehead atoms. The van der Waals surface area contributed by atoms with E-state index in [1.165, 1.54) is 6.92 Å². The summed E-state index contributed by atoms with van der Waals surface area (Å²) in [6.45, 7) is 17.8. The van der Waals surface area contributed by atoms with Crippen molar-refractivity contribution < 1.29 is 18.7 Å². The highest BCUT2D eigenvalue weighted by Crippen LogP contribution is 2.44. The van der Waals surface area contributed by atoms with Crippen LogP contribution in [0.4, 0.5) is 0 Å². The lowest BCUT2D eigenvalue weighted by Crippen LogP contribution is -2.54. The number of aromatic nitrogens is 1. The lowest BCUT2D eigenvalue weighted by atomic mass is 9.85. The topological polar surface area (TPSA) is 90.5 Å². The molecule has 1 aromatic carbocycles. The third kappa shape index (κ3) is 5.36. The molecule has 1 aromatic heterocycles. The fraction of sp³-hybridized carbons (Fsp3) is 0.519. The van der Waals surface area contributed by atoms with Crippen LogP contribution in [0, 0.1) is 11.3 Å². The Morgan fingerprint density at radius 2 is 1.89 bits per heavy atom. The van der Waals surface area contributed by atoms with Gasteiger partial charge >= 0.3 is 5.97 Å². The van der Waals surface area contributed by atoms with Crippen LogP contribution in [0.3, 0.4) is 0 Å². The lowest BCUT2D eigenvalue weighted by molar-refractivity contribution is -0.163. The predicted octanol–water partition coefficient (Wildman–Crippen LogP) is 5.49. The first-order chi connectivity index (χ1) is 16.1. The summed E-state index contributed by atoms with van der Waals surface area (Å²) in [5.41, 5.74) is 0.683. The molecular weight excluding hydrogens is 460 g/mol. The molecule has 0 fully saturated rings. The molecule has 8 heteroatoms. The number of carbonyl (C=O) groups is 1. The zero-order chi connectivity index (χ0) is 26.3. The molecule has 3 atom stereocenters. The number of nitrogens with zero attached hydrogens (tertiary/aromatic N) is 2. The molecular formula is C27H36N2O5Si. The van der Waals surface area contributed by atoms with Crippen molar-refractivity contribution in [2.45, 2.75) is 90.4 Å². The molecule has 0 radical (unpaired) electrons. The SMILES string of the molecule is CC(=O)O[C@@H]1[C@@H](n2ccc(C(C)O[Si](C)(C)C(C)(C)C)cc2=O)c2cc(C#N)ccc2OC1(C)C. The maximum atomic E-state index is 13.5. The number of hydrogen-bond donors (Lipinski definition) is 0. The van der Waals surface area contributed by atoms with Crippen LogP contribution in [0.2, 0.25) is 18.1 Å². The van der Waals surface area contributed by atoms with Crippen molar-refractivity contribution in [2.75, 3.05) is 0 Å². The quantitative estimate of drug-likeness (QED) is 0.401. The Kier molecular flexibility index (Phi) is 7.08. The maximum Gasteiger partial charge on any atom is 0.303 e. The van der Waals surface area contributed by atoms with Gasteiger partial charge in [-0.1, -0.05) is 20.8 Å². The number of esters is 1. The Morgan fingerprint density at radius 3 is 2.43 bits per heavy atom. The first-order valence-corrected chi connectivity index (χ1v) is 14.8. The van der Waals surface area contributed by atoms with E-state index >= 15 is 0 Å². The van der Waals surface area contributed by atoms with Gasteiger partial charge in [-0.25, -0.2) is 0 Å². The Labute approximate surface area is 208 Å². The van der Waals surface area contributed by atoms with E-state index in [-0.39, 0.29) is 16.7 Å². The normalized spacial score (nSPS) is 20.2. The minimum absolute atomic E-state index is 0.0450. The monoisotopic (exact) mass is 496 g/mol. The molecule has 1 aliphatic rings. The molecule has 35 heavy (non-hydrogen) atoms. The Bertz CT molecular complexity index is 1220. The minimum Gasteiger partial charge on any atom is -0.484 e. The Balaban J connectivity index is 2.10. The number of hydrogen-bond acceptors (Lipinski definition) is 6. The summed E-state index contributed by atoms with van der Waals surface area (Å²) in [7, 11) is -2.03. The van der Waals surface area contributed by atoms with Crippen molar-refractivity contribution in [3.8, 4) is 11.8 Å². The van der Waals surface area contributed by atoms with Gasteiger partial charge in [-0.15, -0.1) is 0 Å². The first-order valence-electron chi connectivity index (χ1n) is 11.9. The standard InChI is InChI=1S/C27H36N2O5Si/c1-17(34-35(8,9)26(3,4)5)20-12-13-29(23(31)15-20)24-21-14-19(16-28)10-11-22(21)33-27(6,7)25(24)32-18(2)30/h10-15,17,24-25H,1-9H3/t17?,24-,25+/m0/s1. The van der Waals surface area contributed by atoms with Gasteiger partial charge in [0.2, 0.25) is 0 Å². The Hall–Kier alpha value is -2.89. The van der Waals surface area contributed by atoms with E-state index in [1.54, 1.807) is 35.0 Å². The van der Waals surface area contributed by atoms with Crippen LogP contribution in [0.15, 0.2) is 41.3 Å². The van der Waals surface area contributed by atoms with Crippen LogP contribution < -0.4 is 10.3 Å². The van der Waals surface area contributed by atoms with Crippen LogP contribution in [-0.4, -0.2) is 30.6 Å². The summed E-state index contributed by atoms with van der Waals surface area (Å²) in [5, 5.41) is 9.50. The molecule has 188 valence electrons. The lowest BCUT2D eigenvalue weighted by Gasteiger charge is -2.44. The molecule has 0 aliphatic carbocycles. The summed E-state index contributed by atoms with van der Waals surface area (Å²) in [6, 6.07) is 10.0. The summed E-state index contributed by atoms with van der Waals surface area (Å²) in [6.07, 6.45) is 0.686. The molecule has 1 unspecified atom stereocenters. The van der Waals surface area contributed by atoms with Crippen molar-refractivity contribution >= 4 is 14.3 Å². The molecule has 0 saturated heterocycles. The van der Waals surface area contributed by atoms with E-state index in [9.17, 15) is 14.9 Å². The van der Waals surface area contributed by atoms with Gasteiger partial charge in [-0.05, 0) is 68.7 Å². The van der Waals surface area contributed by atoms with E-state index in [0.29, 0.717) is 16.9 Å². The smallest absolute Gasteiger partial charge is 0.303 e. The largest absolute Gasteiger partial charge is 0.484 e. The predicted molar refractivity (Wildman–Crippen MR) is 137 cm³/mol. The van der Waals surface area contributed by atoms with E-state index in [0.717, 1.165) is 5.56 Å². The second kappa shape index (κ2) is 9.28. The first kappa shape index (κ1) is 26.7. The summed E-state index contributed by atoms with van der Waals surface area (Å²) in [5.74, 6) is 0.0747. The van der Waals surface area contributed by atoms with E-state index in [2.05, 4.69) is 39.9 Å². The second-order valence-electron chi connectivity index (χ2n) is 11.3. The number of fused-ring (bicyclic) bond motifs is 1. The number of pyridine rings is 1. The zero-order valence-electron chi connectivity index (χ0n) is 22.1. The van der Waals surface area contributed by atoms with Crippen molar-refractivity contribution in [3.63, 3.8) is 0 Å². The van der Waals surface area contributed by atoms with Crippen LogP contribution in [-0.2, 0) is 14.0 Å². The van der Waals surface area contributed by atoms with Gasteiger partial charge in [-0.2, -0.15) is 5.26 Å². The molecule has 7 nitrogen and oxygen atoms in total. The third-order valence-electron chi connectivity index (χ3n) is 7.11. The molecule has 0 N–H and O–H groups in total. The van der Waals surface area contributed by atoms with Crippen molar-refractivity contribution in [1.82, 2.24) is 4.57 Å². The average Bonchev–Trinajstić information content (AvgIpc) is 2.72. The van der Waals surface area contributed by atoms with Gasteiger partial charge in [0, 0.05) is 24.8 Å². The highest BCUT2D eigenvalue weighted by atomic mass is 28.4. The number of rotatable bonds is 5. The fourth-order valence-electron chi connectivity index (χ4n) is 4.18. The van der Waals surface area contributed by atoms with Crippen molar-refractivity contribution in [3.05, 3.63) is 63.6 Å². The summed E-state index contributed by atoms with van der Waals surface area (Å²) < 4.78 is 19.9. The molecule has 2 heterocycles. The number of ether oxygens (including phenoxy) is 2. The van der Waals surface area contributed by atoms with E-state index in [1.807, 2.05) is 26.8 Å². The van der Waals surface area contributed by atoms with Crippen LogP contribution in [0.25, 0.3) is 0 Å². The van der Waals surface area contributed by atoms with E-state index < -0.39 is 32.0 Å². The highest BCUT2D eigenvalue weighted by Gasteiger charge is 2.47. The van der Waals surface area contributed by atoms with Gasteiger partial charge in [0.15, 0.2) is 14.4 Å². The summed E-state index contributed by atoms with van der Waals surface area (Å²) in [4.78, 5) is 25.5. The molecule has 0 spiro atoms. The molecule has 0 amide bonds.